The van der Waals surface area contributed by atoms with Gasteiger partial charge in [0, 0.05) is 5.41 Å². The molecule has 5 nitrogen and oxygen atoms in total. The Morgan fingerprint density at radius 3 is 2.03 bits per heavy atom. The van der Waals surface area contributed by atoms with Crippen LogP contribution in [0.25, 0.3) is 0 Å². The van der Waals surface area contributed by atoms with E-state index < -0.39 is 28.7 Å². The fraction of sp³-hybridized carbons (Fsp3) is 0.968. The number of fused-ring (bicyclic) bond motifs is 7. The maximum absolute atomic E-state index is 12.8. The average molecular weight is 505 g/mol. The van der Waals surface area contributed by atoms with Gasteiger partial charge >= 0.3 is 5.97 Å². The van der Waals surface area contributed by atoms with Crippen LogP contribution in [0.2, 0.25) is 0 Å². The van der Waals surface area contributed by atoms with Gasteiger partial charge in [0.05, 0.1) is 11.7 Å². The first-order valence-electron chi connectivity index (χ1n) is 14.7. The molecule has 0 aromatic rings. The van der Waals surface area contributed by atoms with Gasteiger partial charge < -0.3 is 20.4 Å². The van der Waals surface area contributed by atoms with Gasteiger partial charge in [-0.1, -0.05) is 48.5 Å². The Labute approximate surface area is 218 Å². The van der Waals surface area contributed by atoms with Crippen molar-refractivity contribution in [3.05, 3.63) is 0 Å². The molecule has 0 saturated heterocycles. The van der Waals surface area contributed by atoms with Crippen molar-refractivity contribution in [2.24, 2.45) is 56.7 Å². The van der Waals surface area contributed by atoms with Gasteiger partial charge in [-0.25, -0.2) is 4.79 Å². The Bertz CT molecular complexity index is 938. The van der Waals surface area contributed by atoms with Crippen LogP contribution in [-0.2, 0) is 4.79 Å². The largest absolute Gasteiger partial charge is 0.479 e. The normalized spacial score (nSPS) is 60.2. The van der Waals surface area contributed by atoms with E-state index >= 15 is 0 Å². The summed E-state index contributed by atoms with van der Waals surface area (Å²) in [4.78, 5) is 12.8. The number of aliphatic hydroxyl groups is 3. The summed E-state index contributed by atoms with van der Waals surface area (Å²) in [6.45, 7) is 17.8. The summed E-state index contributed by atoms with van der Waals surface area (Å²) in [7, 11) is 0. The molecule has 5 saturated carbocycles. The molecule has 0 radical (unpaired) electrons. The van der Waals surface area contributed by atoms with Gasteiger partial charge in [-0.15, -0.1) is 0 Å². The van der Waals surface area contributed by atoms with Crippen molar-refractivity contribution in [2.75, 3.05) is 0 Å². The molecular formula is C31H52O5. The molecule has 0 spiro atoms. The number of carbonyl (C=O) groups is 1. The summed E-state index contributed by atoms with van der Waals surface area (Å²) >= 11 is 0. The maximum atomic E-state index is 12.8. The van der Waals surface area contributed by atoms with E-state index in [4.69, 9.17) is 0 Å². The third-order valence-electron chi connectivity index (χ3n) is 14.5. The van der Waals surface area contributed by atoms with E-state index in [-0.39, 0.29) is 45.3 Å². The summed E-state index contributed by atoms with van der Waals surface area (Å²) in [6.07, 6.45) is 7.12. The van der Waals surface area contributed by atoms with Gasteiger partial charge in [-0.3, -0.25) is 0 Å². The molecule has 0 aromatic carbocycles. The molecule has 206 valence electrons. The van der Waals surface area contributed by atoms with Crippen LogP contribution in [0.15, 0.2) is 0 Å². The van der Waals surface area contributed by atoms with Gasteiger partial charge in [0.15, 0.2) is 5.60 Å². The number of hydrogen-bond donors (Lipinski definition) is 4. The lowest BCUT2D eigenvalue weighted by molar-refractivity contribution is -0.316. The van der Waals surface area contributed by atoms with E-state index in [0.29, 0.717) is 12.3 Å². The quantitative estimate of drug-likeness (QED) is 0.370. The molecule has 0 amide bonds. The van der Waals surface area contributed by atoms with Crippen LogP contribution in [0.4, 0.5) is 0 Å². The number of rotatable bonds is 1. The molecule has 0 aromatic heterocycles. The van der Waals surface area contributed by atoms with Crippen molar-refractivity contribution in [2.45, 2.75) is 130 Å². The van der Waals surface area contributed by atoms with Crippen LogP contribution in [0, 0.1) is 56.7 Å². The van der Waals surface area contributed by atoms with Crippen LogP contribution in [0.1, 0.15) is 113 Å². The van der Waals surface area contributed by atoms with Crippen molar-refractivity contribution >= 4 is 5.97 Å². The zero-order chi connectivity index (χ0) is 26.9. The van der Waals surface area contributed by atoms with Crippen LogP contribution in [0.5, 0.6) is 0 Å². The van der Waals surface area contributed by atoms with Gasteiger partial charge in [-0.2, -0.15) is 0 Å². The lowest BCUT2D eigenvalue weighted by atomic mass is 9.29. The highest BCUT2D eigenvalue weighted by atomic mass is 16.4. The Hall–Kier alpha value is -0.650. The number of carboxylic acids is 1. The van der Waals surface area contributed by atoms with Crippen LogP contribution >= 0.6 is 0 Å². The second-order valence-corrected chi connectivity index (χ2v) is 16.0. The molecule has 36 heavy (non-hydrogen) atoms. The molecule has 5 fully saturated rings. The summed E-state index contributed by atoms with van der Waals surface area (Å²) in [5.41, 5.74) is -4.13. The Balaban J connectivity index is 1.65. The molecule has 5 aliphatic rings. The average Bonchev–Trinajstić information content (AvgIpc) is 2.75. The van der Waals surface area contributed by atoms with Crippen molar-refractivity contribution in [1.29, 1.82) is 0 Å². The number of aliphatic hydroxyl groups excluding tert-OH is 1. The second kappa shape index (κ2) is 7.50. The minimum Gasteiger partial charge on any atom is -0.479 e. The van der Waals surface area contributed by atoms with Crippen molar-refractivity contribution in [3.63, 3.8) is 0 Å². The molecule has 12 atom stereocenters. The number of aliphatic carboxylic acids is 1. The van der Waals surface area contributed by atoms with Crippen LogP contribution < -0.4 is 0 Å². The van der Waals surface area contributed by atoms with Gasteiger partial charge in [0.1, 0.15) is 0 Å². The Morgan fingerprint density at radius 2 is 1.42 bits per heavy atom. The lowest BCUT2D eigenvalue weighted by Gasteiger charge is -2.75. The minimum absolute atomic E-state index is 0.00403. The van der Waals surface area contributed by atoms with E-state index in [1.165, 1.54) is 6.42 Å². The Morgan fingerprint density at radius 1 is 0.778 bits per heavy atom. The molecule has 5 heteroatoms. The van der Waals surface area contributed by atoms with Gasteiger partial charge in [0.25, 0.3) is 0 Å². The first-order chi connectivity index (χ1) is 16.3. The Kier molecular flexibility index (Phi) is 5.62. The van der Waals surface area contributed by atoms with Crippen LogP contribution in [0.3, 0.4) is 0 Å². The molecular weight excluding hydrogens is 452 g/mol. The monoisotopic (exact) mass is 504 g/mol. The van der Waals surface area contributed by atoms with Crippen molar-refractivity contribution in [1.82, 2.24) is 0 Å². The van der Waals surface area contributed by atoms with E-state index in [9.17, 15) is 25.2 Å². The zero-order valence-corrected chi connectivity index (χ0v) is 24.0. The highest BCUT2D eigenvalue weighted by molar-refractivity contribution is 5.80. The third-order valence-corrected chi connectivity index (χ3v) is 14.5. The lowest BCUT2D eigenvalue weighted by Crippen LogP contribution is -2.77. The fourth-order valence-corrected chi connectivity index (χ4v) is 12.2. The SMILES string of the molecule is C[C@@H]1CC[C@]2(C)CC[C@]3(C)[C@H](CC[C@@H]4[C@]5(C)[C@@H](CC[C@]43C)C(C)(C)CC(O)C5(O)C(=O)O)[C@@H]2[C@]1(C)O. The standard InChI is InChI=1S/C31H52O5/c1-18-11-13-26(4)15-16-27(5)19(23(26)30(18,8)35)9-10-21-28(27,6)14-12-20-25(2,3)17-22(32)31(36,24(33)34)29(20,21)7/h18-23,32,35-36H,9-17H2,1-8H3,(H,33,34)/t18-,19-,20+,21+,22?,23+,26-,27-,28-,29+,30-,31?/m1/s1. The van der Waals surface area contributed by atoms with E-state index in [2.05, 4.69) is 48.5 Å². The van der Waals surface area contributed by atoms with E-state index in [0.717, 1.165) is 44.9 Å². The molecule has 5 aliphatic carbocycles. The smallest absolute Gasteiger partial charge is 0.339 e. The van der Waals surface area contributed by atoms with Gasteiger partial charge in [0.2, 0.25) is 0 Å². The molecule has 2 unspecified atom stereocenters. The summed E-state index contributed by atoms with van der Waals surface area (Å²) in [5.74, 6) is -0.384. The highest BCUT2D eigenvalue weighted by Gasteiger charge is 2.77. The highest BCUT2D eigenvalue weighted by Crippen LogP contribution is 2.78. The number of carboxylic acid groups (broad SMARTS) is 1. The zero-order valence-electron chi connectivity index (χ0n) is 24.0. The predicted octanol–water partition coefficient (Wildman–Crippen LogP) is 5.65. The summed E-state index contributed by atoms with van der Waals surface area (Å²) < 4.78 is 0. The molecule has 0 aliphatic heterocycles. The first kappa shape index (κ1) is 26.9. The summed E-state index contributed by atoms with van der Waals surface area (Å²) in [5, 5.41) is 45.7. The maximum Gasteiger partial charge on any atom is 0.339 e. The van der Waals surface area contributed by atoms with Crippen molar-refractivity contribution in [3.8, 4) is 0 Å². The molecule has 0 heterocycles. The van der Waals surface area contributed by atoms with Crippen LogP contribution in [-0.4, -0.2) is 43.7 Å². The van der Waals surface area contributed by atoms with Gasteiger partial charge in [-0.05, 0) is 116 Å². The third kappa shape index (κ3) is 2.87. The predicted molar refractivity (Wildman–Crippen MR) is 140 cm³/mol. The van der Waals surface area contributed by atoms with E-state index in [1.807, 2.05) is 6.92 Å². The minimum atomic E-state index is -2.16. The van der Waals surface area contributed by atoms with E-state index in [1.54, 1.807) is 0 Å². The second-order valence-electron chi connectivity index (χ2n) is 16.0. The molecule has 4 N–H and O–H groups in total. The topological polar surface area (TPSA) is 98.0 Å². The molecule has 5 rings (SSSR count). The fourth-order valence-electron chi connectivity index (χ4n) is 12.2. The molecule has 0 bridgehead atoms. The first-order valence-corrected chi connectivity index (χ1v) is 14.7. The van der Waals surface area contributed by atoms with Crippen molar-refractivity contribution < 1.29 is 25.2 Å². The summed E-state index contributed by atoms with van der Waals surface area (Å²) in [6, 6.07) is 0. The number of hydrogen-bond acceptors (Lipinski definition) is 4.